The van der Waals surface area contributed by atoms with Crippen LogP contribution in [0, 0.1) is 0 Å². The highest BCUT2D eigenvalue weighted by molar-refractivity contribution is 6.19. The lowest BCUT2D eigenvalue weighted by Gasteiger charge is -2.02. The molecule has 0 aliphatic carbocycles. The van der Waals surface area contributed by atoms with E-state index in [1.165, 1.54) is 0 Å². The molecule has 0 bridgehead atoms. The van der Waals surface area contributed by atoms with Crippen LogP contribution in [0.15, 0.2) is 0 Å². The number of halogens is 1. The maximum atomic E-state index is 8.56. The minimum Gasteiger partial charge on any atom is -0.450 e. The van der Waals surface area contributed by atoms with Gasteiger partial charge in [-0.1, -0.05) is 31.4 Å². The molecule has 0 saturated carbocycles. The molecule has 0 spiro atoms. The van der Waals surface area contributed by atoms with Crippen LogP contribution in [0.3, 0.4) is 0 Å². The van der Waals surface area contributed by atoms with Gasteiger partial charge in [0.15, 0.2) is 5.56 Å². The van der Waals surface area contributed by atoms with Crippen LogP contribution in [-0.2, 0) is 4.89 Å². The Hall–Kier alpha value is -1.25. The summed E-state index contributed by atoms with van der Waals surface area (Å²) in [5.74, 6) is 0. The lowest BCUT2D eigenvalue weighted by Crippen LogP contribution is -2.00. The fourth-order valence-electron chi connectivity index (χ4n) is 0.608. The number of hydrogen-bond acceptors (Lipinski definition) is 4. The fourth-order valence-corrected chi connectivity index (χ4v) is 0.762. The van der Waals surface area contributed by atoms with Crippen molar-refractivity contribution < 1.29 is 40.2 Å². The SMILES string of the molecule is CCCCCC(Cl)OO.O=C(O)O.O=C(O)O. The maximum absolute atomic E-state index is 8.56. The van der Waals surface area contributed by atoms with Gasteiger partial charge >= 0.3 is 12.3 Å². The molecule has 1 unspecified atom stereocenters. The number of carboxylic acid groups (broad SMARTS) is 4. The average Bonchev–Trinajstić information content (AvgIpc) is 2.16. The Morgan fingerprint density at radius 1 is 1.12 bits per heavy atom. The van der Waals surface area contributed by atoms with Crippen molar-refractivity contribution in [3.63, 3.8) is 0 Å². The van der Waals surface area contributed by atoms with E-state index in [9.17, 15) is 0 Å². The number of alkyl halides is 1. The van der Waals surface area contributed by atoms with Gasteiger partial charge in [0.1, 0.15) is 0 Å². The molecule has 0 aromatic rings. The van der Waals surface area contributed by atoms with Gasteiger partial charge < -0.3 is 20.4 Å². The molecule has 0 aromatic heterocycles. The first kappa shape index (κ1) is 21.1. The first-order valence-electron chi connectivity index (χ1n) is 4.55. The lowest BCUT2D eigenvalue weighted by molar-refractivity contribution is -0.257. The smallest absolute Gasteiger partial charge is 0.450 e. The first-order valence-corrected chi connectivity index (χ1v) is 4.99. The monoisotopic (exact) mass is 276 g/mol. The van der Waals surface area contributed by atoms with Crippen molar-refractivity contribution in [2.24, 2.45) is 0 Å². The highest BCUT2D eigenvalue weighted by atomic mass is 35.5. The Morgan fingerprint density at radius 3 is 1.71 bits per heavy atom. The Morgan fingerprint density at radius 2 is 1.47 bits per heavy atom. The summed E-state index contributed by atoms with van der Waals surface area (Å²) in [4.78, 5) is 21.0. The van der Waals surface area contributed by atoms with Crippen LogP contribution in [0.4, 0.5) is 9.59 Å². The van der Waals surface area contributed by atoms with Crippen LogP contribution >= 0.6 is 11.6 Å². The zero-order chi connectivity index (χ0) is 14.3. The normalized spacial score (nSPS) is 10.1. The molecule has 0 radical (unpaired) electrons. The van der Waals surface area contributed by atoms with Crippen molar-refractivity contribution in [3.8, 4) is 0 Å². The molecular formula is C8H17ClO8. The van der Waals surface area contributed by atoms with Crippen molar-refractivity contribution in [1.29, 1.82) is 0 Å². The fraction of sp³-hybridized carbons (Fsp3) is 0.750. The van der Waals surface area contributed by atoms with E-state index in [1.54, 1.807) is 0 Å². The molecule has 1 atom stereocenters. The summed E-state index contributed by atoms with van der Waals surface area (Å²) in [7, 11) is 0. The predicted octanol–water partition coefficient (Wildman–Crippen LogP) is 3.07. The number of hydrogen-bond donors (Lipinski definition) is 5. The summed E-state index contributed by atoms with van der Waals surface area (Å²) in [5, 5.41) is 35.9. The van der Waals surface area contributed by atoms with E-state index in [-0.39, 0.29) is 0 Å². The van der Waals surface area contributed by atoms with Crippen molar-refractivity contribution in [3.05, 3.63) is 0 Å². The Bertz CT molecular complexity index is 166. The van der Waals surface area contributed by atoms with Crippen molar-refractivity contribution in [2.75, 3.05) is 0 Å². The van der Waals surface area contributed by atoms with Gasteiger partial charge in [0, 0.05) is 0 Å². The third-order valence-corrected chi connectivity index (χ3v) is 1.45. The van der Waals surface area contributed by atoms with Crippen LogP contribution in [0.25, 0.3) is 0 Å². The predicted molar refractivity (Wildman–Crippen MR) is 58.8 cm³/mol. The third-order valence-electron chi connectivity index (χ3n) is 1.15. The average molecular weight is 277 g/mol. The molecule has 0 aromatic carbocycles. The second-order valence-corrected chi connectivity index (χ2v) is 3.06. The molecule has 9 heteroatoms. The number of unbranched alkanes of at least 4 members (excludes halogenated alkanes) is 2. The zero-order valence-electron chi connectivity index (χ0n) is 9.24. The first-order chi connectivity index (χ1) is 7.77. The van der Waals surface area contributed by atoms with E-state index in [2.05, 4.69) is 11.8 Å². The zero-order valence-corrected chi connectivity index (χ0v) is 10.0. The highest BCUT2D eigenvalue weighted by Crippen LogP contribution is 2.08. The van der Waals surface area contributed by atoms with Gasteiger partial charge in [0.05, 0.1) is 0 Å². The minimum absolute atomic E-state index is 0.517. The summed E-state index contributed by atoms with van der Waals surface area (Å²) < 4.78 is 0. The quantitative estimate of drug-likeness (QED) is 0.223. The van der Waals surface area contributed by atoms with E-state index >= 15 is 0 Å². The van der Waals surface area contributed by atoms with Crippen molar-refractivity contribution >= 4 is 23.9 Å². The lowest BCUT2D eigenvalue weighted by atomic mass is 10.2. The second kappa shape index (κ2) is 17.2. The van der Waals surface area contributed by atoms with E-state index in [0.29, 0.717) is 0 Å². The van der Waals surface area contributed by atoms with Gasteiger partial charge in [-0.25, -0.2) is 14.5 Å². The minimum atomic E-state index is -1.83. The van der Waals surface area contributed by atoms with E-state index in [4.69, 9.17) is 46.9 Å². The van der Waals surface area contributed by atoms with Crippen LogP contribution < -0.4 is 0 Å². The molecular weight excluding hydrogens is 260 g/mol. The molecule has 0 rings (SSSR count). The van der Waals surface area contributed by atoms with Crippen LogP contribution in [0.1, 0.15) is 32.6 Å². The van der Waals surface area contributed by atoms with Gasteiger partial charge in [0.2, 0.25) is 0 Å². The van der Waals surface area contributed by atoms with Crippen LogP contribution in [-0.4, -0.2) is 43.6 Å². The molecule has 0 fully saturated rings. The standard InChI is InChI=1S/C6H13ClO2.2CH2O3/c1-2-3-4-5-6(7)9-8;2*2-1(3)4/h6,8H,2-5H2,1H3;2*(H2,2,3,4). The third kappa shape index (κ3) is 72.5. The Kier molecular flexibility index (Phi) is 21.3. The van der Waals surface area contributed by atoms with Crippen LogP contribution in [0.5, 0.6) is 0 Å². The molecule has 17 heavy (non-hydrogen) atoms. The Labute approximate surface area is 103 Å². The summed E-state index contributed by atoms with van der Waals surface area (Å²) in [6, 6.07) is 0. The summed E-state index contributed by atoms with van der Waals surface area (Å²) in [5.41, 5.74) is -0.517. The molecule has 8 nitrogen and oxygen atoms in total. The number of carbonyl (C=O) groups is 2. The van der Waals surface area contributed by atoms with Crippen molar-refractivity contribution in [2.45, 2.75) is 38.2 Å². The summed E-state index contributed by atoms with van der Waals surface area (Å²) in [6.07, 6.45) is 0.388. The molecule has 104 valence electrons. The van der Waals surface area contributed by atoms with Gasteiger partial charge in [-0.3, -0.25) is 5.26 Å². The topological polar surface area (TPSA) is 145 Å². The van der Waals surface area contributed by atoms with Gasteiger partial charge in [0.25, 0.3) is 0 Å². The molecule has 0 amide bonds. The molecule has 5 N–H and O–H groups in total. The van der Waals surface area contributed by atoms with Gasteiger partial charge in [-0.2, -0.15) is 0 Å². The Balaban J connectivity index is -0.000000205. The maximum Gasteiger partial charge on any atom is 0.503 e. The van der Waals surface area contributed by atoms with Gasteiger partial charge in [-0.15, -0.1) is 0 Å². The van der Waals surface area contributed by atoms with E-state index in [0.717, 1.165) is 25.7 Å². The second-order valence-electron chi connectivity index (χ2n) is 2.58. The van der Waals surface area contributed by atoms with Gasteiger partial charge in [-0.05, 0) is 12.8 Å². The molecule has 0 saturated heterocycles. The van der Waals surface area contributed by atoms with Crippen molar-refractivity contribution in [1.82, 2.24) is 0 Å². The number of rotatable bonds is 5. The molecule has 0 aliphatic heterocycles. The molecule has 0 aliphatic rings. The summed E-state index contributed by atoms with van der Waals surface area (Å²) >= 11 is 5.43. The van der Waals surface area contributed by atoms with E-state index in [1.807, 2.05) is 0 Å². The molecule has 0 heterocycles. The summed E-state index contributed by atoms with van der Waals surface area (Å²) in [6.45, 7) is 2.11. The van der Waals surface area contributed by atoms with Crippen LogP contribution in [0.2, 0.25) is 0 Å². The van der Waals surface area contributed by atoms with E-state index < -0.39 is 17.9 Å². The largest absolute Gasteiger partial charge is 0.503 e. The highest BCUT2D eigenvalue weighted by Gasteiger charge is 2.00.